The molecule has 522 valence electrons. The number of nitrogens with two attached hydrogens (primary N) is 2. The highest BCUT2D eigenvalue weighted by atomic mass is 31.2. The summed E-state index contributed by atoms with van der Waals surface area (Å²) in [7, 11) is -3.25. The molecule has 21 heteroatoms. The summed E-state index contributed by atoms with van der Waals surface area (Å²) in [5.41, 5.74) is 13.5. The van der Waals surface area contributed by atoms with Gasteiger partial charge in [-0.1, -0.05) is 206 Å². The van der Waals surface area contributed by atoms with Crippen molar-refractivity contribution in [2.45, 2.75) is 277 Å². The number of carbonyl (C=O) groups is 3. The van der Waals surface area contributed by atoms with Crippen LogP contribution in [0.3, 0.4) is 0 Å². The van der Waals surface area contributed by atoms with Crippen LogP contribution in [0.5, 0.6) is 6.01 Å². The van der Waals surface area contributed by atoms with Crippen LogP contribution in [0, 0.1) is 0 Å². The number of nitrogen functional groups attached to an aromatic ring is 1. The first kappa shape index (κ1) is 80.8. The first-order chi connectivity index (χ1) is 44.5. The summed E-state index contributed by atoms with van der Waals surface area (Å²) in [5.74, 6) is -0.686. The standard InChI is InChI=1S/C70H130N13O7P/c1-4-7-10-12-14-16-18-20-22-24-26-28-30-36-55-89-91(88,90-56-37-31-29-27-25-23-21-19-17-15-13-11-8-5-2)57-40-52-75-47-33-32-41-62(68(86)76-54-39-51-74-49-35-34-48-73-50-38-46-71)79-63(84)58-78-67(85)61-44-42-60(43-45-61)59-83-66-64(80-70(83)87)65(72)81-69(82-66)77-53-9-6-3/h42-45,62,73-75H,4-41,46-59,71H2,1-3H3,(H,76,86)(H,78,85)(H,79,84)(H,80,87)(H3,72,77,81,82)/t62-/m0/s1. The quantitative estimate of drug-likeness (QED) is 0.0186. The summed E-state index contributed by atoms with van der Waals surface area (Å²) in [6, 6.07) is 5.75. The molecule has 0 fully saturated rings. The van der Waals surface area contributed by atoms with Gasteiger partial charge in [-0.3, -0.25) is 23.5 Å². The van der Waals surface area contributed by atoms with E-state index in [-0.39, 0.29) is 30.8 Å². The lowest BCUT2D eigenvalue weighted by atomic mass is 10.0. The van der Waals surface area contributed by atoms with Crippen LogP contribution in [0.15, 0.2) is 24.3 Å². The highest BCUT2D eigenvalue weighted by Gasteiger charge is 2.25. The van der Waals surface area contributed by atoms with Gasteiger partial charge in [0.2, 0.25) is 17.8 Å². The molecule has 1 atom stereocenters. The van der Waals surface area contributed by atoms with E-state index in [0.717, 1.165) is 102 Å². The van der Waals surface area contributed by atoms with E-state index in [4.69, 9.17) is 20.5 Å². The fraction of sp³-hybridized carbons (Fsp3) is 0.800. The second-order valence-corrected chi connectivity index (χ2v) is 27.4. The van der Waals surface area contributed by atoms with Gasteiger partial charge in [-0.25, -0.2) is 0 Å². The van der Waals surface area contributed by atoms with Gasteiger partial charge in [0.25, 0.3) is 11.9 Å². The molecule has 0 bridgehead atoms. The highest BCUT2D eigenvalue weighted by Crippen LogP contribution is 2.49. The number of nitrogens with zero attached hydrogens (tertiary/aromatic N) is 4. The van der Waals surface area contributed by atoms with Crippen LogP contribution < -0.4 is 48.7 Å². The minimum absolute atomic E-state index is 0.154. The number of anilines is 2. The number of nitrogens with one attached hydrogen (secondary N) is 7. The van der Waals surface area contributed by atoms with Crippen LogP contribution in [-0.4, -0.2) is 133 Å². The molecule has 91 heavy (non-hydrogen) atoms. The molecule has 0 saturated carbocycles. The predicted octanol–water partition coefficient (Wildman–Crippen LogP) is 13.7. The molecule has 20 nitrogen and oxygen atoms in total. The zero-order chi connectivity index (χ0) is 65.5. The zero-order valence-electron chi connectivity index (χ0n) is 57.4. The van der Waals surface area contributed by atoms with Crippen LogP contribution in [0.25, 0.3) is 11.2 Å². The summed E-state index contributed by atoms with van der Waals surface area (Å²) in [6.07, 6.45) is 44.5. The maximum Gasteiger partial charge on any atom is 0.330 e. The van der Waals surface area contributed by atoms with Crippen LogP contribution in [0.2, 0.25) is 0 Å². The molecule has 12 N–H and O–H groups in total. The Morgan fingerprint density at radius 2 is 1.01 bits per heavy atom. The second kappa shape index (κ2) is 54.9. The number of amides is 3. The molecule has 0 aliphatic carbocycles. The molecule has 2 heterocycles. The van der Waals surface area contributed by atoms with E-state index < -0.39 is 25.5 Å². The summed E-state index contributed by atoms with van der Waals surface area (Å²) >= 11 is 0. The molecule has 0 unspecified atom stereocenters. The Hall–Kier alpha value is -4.43. The number of rotatable bonds is 64. The molecule has 1 aromatic carbocycles. The smallest absolute Gasteiger partial charge is 0.330 e. The van der Waals surface area contributed by atoms with E-state index in [1.807, 2.05) is 0 Å². The topological polar surface area (TPSA) is 287 Å². The van der Waals surface area contributed by atoms with Crippen LogP contribution in [0.4, 0.5) is 11.8 Å². The van der Waals surface area contributed by atoms with E-state index in [2.05, 4.69) is 72.9 Å². The number of aromatic nitrogens is 4. The Morgan fingerprint density at radius 1 is 0.538 bits per heavy atom. The van der Waals surface area contributed by atoms with Crippen LogP contribution in [0.1, 0.15) is 281 Å². The molecule has 3 amide bonds. The van der Waals surface area contributed by atoms with Gasteiger partial charge in [0.05, 0.1) is 32.5 Å². The monoisotopic (exact) mass is 1300 g/mol. The third kappa shape index (κ3) is 40.4. The van der Waals surface area contributed by atoms with Crippen molar-refractivity contribution in [3.8, 4) is 6.01 Å². The highest BCUT2D eigenvalue weighted by molar-refractivity contribution is 7.53. The van der Waals surface area contributed by atoms with Gasteiger partial charge < -0.3 is 62.8 Å². The van der Waals surface area contributed by atoms with Crippen LogP contribution >= 0.6 is 7.60 Å². The maximum atomic E-state index is 14.2. The Morgan fingerprint density at radius 3 is 1.53 bits per heavy atom. The number of aromatic hydroxyl groups is 1. The molecule has 3 rings (SSSR count). The van der Waals surface area contributed by atoms with Crippen molar-refractivity contribution in [3.05, 3.63) is 35.4 Å². The molecule has 0 aliphatic rings. The summed E-state index contributed by atoms with van der Waals surface area (Å²) < 4.78 is 28.0. The number of carbonyl (C=O) groups excluding carboxylic acids is 3. The molecule has 2 aromatic heterocycles. The van der Waals surface area contributed by atoms with Crippen LogP contribution in [-0.2, 0) is 29.7 Å². The lowest BCUT2D eigenvalue weighted by Crippen LogP contribution is -2.49. The van der Waals surface area contributed by atoms with E-state index in [9.17, 15) is 24.1 Å². The molecule has 0 spiro atoms. The molecule has 0 aliphatic heterocycles. The molecule has 3 aromatic rings. The average molecular weight is 1300 g/mol. The van der Waals surface area contributed by atoms with E-state index in [1.54, 1.807) is 24.3 Å². The number of fused-ring (bicyclic) bond motifs is 1. The largest absolute Gasteiger partial charge is 0.480 e. The average Bonchev–Trinajstić information content (AvgIpc) is 1.72. The Labute approximate surface area is 550 Å². The van der Waals surface area contributed by atoms with Gasteiger partial charge in [0, 0.05) is 18.7 Å². The lowest BCUT2D eigenvalue weighted by Gasteiger charge is -2.19. The first-order valence-corrected chi connectivity index (χ1v) is 38.4. The van der Waals surface area contributed by atoms with Gasteiger partial charge in [0.15, 0.2) is 17.0 Å². The van der Waals surface area contributed by atoms with Crippen molar-refractivity contribution in [1.29, 1.82) is 0 Å². The molecule has 0 saturated heterocycles. The van der Waals surface area contributed by atoms with Gasteiger partial charge in [0.1, 0.15) is 6.04 Å². The minimum Gasteiger partial charge on any atom is -0.480 e. The molecule has 0 radical (unpaired) electrons. The number of unbranched alkanes of at least 4 members (excludes halogenated alkanes) is 29. The van der Waals surface area contributed by atoms with Crippen molar-refractivity contribution in [2.75, 3.05) is 95.9 Å². The van der Waals surface area contributed by atoms with Gasteiger partial charge >= 0.3 is 7.60 Å². The van der Waals surface area contributed by atoms with Crippen molar-refractivity contribution in [1.82, 2.24) is 51.4 Å². The van der Waals surface area contributed by atoms with E-state index in [0.29, 0.717) is 94.0 Å². The Balaban J connectivity index is 1.47. The van der Waals surface area contributed by atoms with Gasteiger partial charge in [-0.15, -0.1) is 0 Å². The van der Waals surface area contributed by atoms with Crippen molar-refractivity contribution < 1.29 is 33.1 Å². The number of benzene rings is 1. The van der Waals surface area contributed by atoms with Crippen molar-refractivity contribution >= 4 is 48.2 Å². The third-order valence-electron chi connectivity index (χ3n) is 16.8. The predicted molar refractivity (Wildman–Crippen MR) is 377 cm³/mol. The van der Waals surface area contributed by atoms with E-state index >= 15 is 0 Å². The Bertz CT molecular complexity index is 2290. The summed E-state index contributed by atoms with van der Waals surface area (Å²) in [4.78, 5) is 53.4. The fourth-order valence-corrected chi connectivity index (χ4v) is 12.8. The lowest BCUT2D eigenvalue weighted by molar-refractivity contribution is -0.128. The molecular weight excluding hydrogens is 1170 g/mol. The zero-order valence-corrected chi connectivity index (χ0v) is 58.3. The number of hydrogen-bond donors (Lipinski definition) is 10. The number of imidazole rings is 1. The Kier molecular flexibility index (Phi) is 48.8. The van der Waals surface area contributed by atoms with E-state index in [1.165, 1.54) is 159 Å². The molecular formula is C70H130N13O7P. The van der Waals surface area contributed by atoms with Crippen molar-refractivity contribution in [3.63, 3.8) is 0 Å². The first-order valence-electron chi connectivity index (χ1n) is 36.6. The van der Waals surface area contributed by atoms with Crippen molar-refractivity contribution in [2.24, 2.45) is 5.73 Å². The van der Waals surface area contributed by atoms with Gasteiger partial charge in [-0.2, -0.15) is 15.0 Å². The second-order valence-electron chi connectivity index (χ2n) is 25.2. The summed E-state index contributed by atoms with van der Waals surface area (Å²) in [6.45, 7) is 14.2. The number of hydrogen-bond acceptors (Lipinski definition) is 16. The summed E-state index contributed by atoms with van der Waals surface area (Å²) in [5, 5.41) is 32.9. The normalized spacial score (nSPS) is 12.0. The SMILES string of the molecule is CCCCCCCCCCCCCCCCOP(=O)(CCCNCCCC[C@H](NC(=O)CNC(=O)c1ccc(Cn2c(O)nc3c(N)nc(NCCCC)nc32)cc1)C(=O)NCCCNCCCCNCCCN)OCCCCCCCCCCCCCCCC. The fourth-order valence-electron chi connectivity index (χ4n) is 11.1. The van der Waals surface area contributed by atoms with Gasteiger partial charge in [-0.05, 0) is 134 Å². The maximum absolute atomic E-state index is 14.2. The third-order valence-corrected chi connectivity index (χ3v) is 18.8. The minimum atomic E-state index is -3.25.